The van der Waals surface area contributed by atoms with Gasteiger partial charge in [-0.2, -0.15) is 0 Å². The summed E-state index contributed by atoms with van der Waals surface area (Å²) in [5, 5.41) is 0. The average molecular weight is 254 g/mol. The van der Waals surface area contributed by atoms with Gasteiger partial charge >= 0.3 is 0 Å². The van der Waals surface area contributed by atoms with Gasteiger partial charge in [0.15, 0.2) is 0 Å². The zero-order valence-electron chi connectivity index (χ0n) is 13.7. The highest BCUT2D eigenvalue weighted by Crippen LogP contribution is 2.52. The first kappa shape index (κ1) is 14.4. The fourth-order valence-corrected chi connectivity index (χ4v) is 3.65. The maximum Gasteiger partial charge on any atom is 0.0154 e. The van der Waals surface area contributed by atoms with Crippen LogP contribution in [0.1, 0.15) is 61.8 Å². The molecule has 2 unspecified atom stereocenters. The van der Waals surface area contributed by atoms with Crippen LogP contribution in [0.15, 0.2) is 33.4 Å². The van der Waals surface area contributed by atoms with Crippen LogP contribution in [0.5, 0.6) is 0 Å². The zero-order valence-corrected chi connectivity index (χ0v) is 13.7. The van der Waals surface area contributed by atoms with Crippen molar-refractivity contribution in [3.63, 3.8) is 0 Å². The lowest BCUT2D eigenvalue weighted by Crippen LogP contribution is -2.26. The molecule has 0 heterocycles. The fraction of sp³-hybridized carbons (Fsp3) is 0.579. The van der Waals surface area contributed by atoms with Gasteiger partial charge in [-0.1, -0.05) is 25.0 Å². The summed E-state index contributed by atoms with van der Waals surface area (Å²) in [7, 11) is 0. The molecule has 0 saturated heterocycles. The molecular formula is C19H26. The van der Waals surface area contributed by atoms with Crippen LogP contribution >= 0.6 is 0 Å². The standard InChI is InChI=1S/C19H26/c1-12-9-18(7,16(5)14(12)3)11-19(8)10-13(2)15(4)17(19)6/h11H2,1-8H3. The Morgan fingerprint density at radius 1 is 0.684 bits per heavy atom. The molecule has 0 fully saturated rings. The van der Waals surface area contributed by atoms with Gasteiger partial charge in [-0.15, -0.1) is 0 Å². The van der Waals surface area contributed by atoms with E-state index in [0.29, 0.717) is 0 Å². The van der Waals surface area contributed by atoms with Crippen molar-refractivity contribution >= 4 is 0 Å². The fourth-order valence-electron chi connectivity index (χ4n) is 3.65. The molecule has 2 aliphatic carbocycles. The Kier molecular flexibility index (Phi) is 3.20. The van der Waals surface area contributed by atoms with Crippen molar-refractivity contribution < 1.29 is 0 Å². The minimum absolute atomic E-state index is 0.0576. The Hall–Kier alpha value is -1.04. The topological polar surface area (TPSA) is 0 Å². The maximum atomic E-state index is 3.70. The Morgan fingerprint density at radius 3 is 1.21 bits per heavy atom. The molecule has 0 N–H and O–H groups in total. The molecule has 102 valence electrons. The van der Waals surface area contributed by atoms with Crippen molar-refractivity contribution in [3.8, 4) is 0 Å². The normalized spacial score (nSPS) is 35.2. The van der Waals surface area contributed by atoms with Crippen molar-refractivity contribution in [2.24, 2.45) is 10.8 Å². The van der Waals surface area contributed by atoms with Crippen LogP contribution < -0.4 is 0 Å². The van der Waals surface area contributed by atoms with E-state index < -0.39 is 0 Å². The number of hydrogen-bond acceptors (Lipinski definition) is 0. The first-order chi connectivity index (χ1) is 8.61. The van der Waals surface area contributed by atoms with Gasteiger partial charge in [-0.05, 0) is 82.4 Å². The lowest BCUT2D eigenvalue weighted by atomic mass is 9.68. The van der Waals surface area contributed by atoms with Gasteiger partial charge in [-0.3, -0.25) is 0 Å². The lowest BCUT2D eigenvalue weighted by molar-refractivity contribution is 0.319. The molecule has 0 nitrogen and oxygen atoms in total. The van der Waals surface area contributed by atoms with Crippen LogP contribution in [-0.4, -0.2) is 0 Å². The lowest BCUT2D eigenvalue weighted by Gasteiger charge is -2.35. The number of hydrogen-bond donors (Lipinski definition) is 0. The van der Waals surface area contributed by atoms with E-state index in [4.69, 9.17) is 0 Å². The van der Waals surface area contributed by atoms with Crippen molar-refractivity contribution in [3.05, 3.63) is 45.6 Å². The van der Waals surface area contributed by atoms with Gasteiger partial charge in [0.2, 0.25) is 0 Å². The Labute approximate surface area is 119 Å². The predicted octanol–water partition coefficient (Wildman–Crippen LogP) is 5.59. The molecule has 0 aromatic carbocycles. The van der Waals surface area contributed by atoms with E-state index >= 15 is 0 Å². The molecule has 0 spiro atoms. The molecule has 0 heteroatoms. The summed E-state index contributed by atoms with van der Waals surface area (Å²) in [5.74, 6) is 0. The minimum Gasteiger partial charge on any atom is -0.0597 e. The van der Waals surface area contributed by atoms with Crippen LogP contribution in [0.2, 0.25) is 0 Å². The van der Waals surface area contributed by atoms with Gasteiger partial charge in [0, 0.05) is 10.8 Å². The molecule has 2 radical (unpaired) electrons. The van der Waals surface area contributed by atoms with Gasteiger partial charge in [0.1, 0.15) is 0 Å². The molecule has 2 atom stereocenters. The largest absolute Gasteiger partial charge is 0.0597 e. The number of rotatable bonds is 2. The average Bonchev–Trinajstić information content (AvgIpc) is 2.61. The van der Waals surface area contributed by atoms with E-state index in [1.54, 1.807) is 0 Å². The van der Waals surface area contributed by atoms with Gasteiger partial charge in [0.25, 0.3) is 0 Å². The monoisotopic (exact) mass is 254 g/mol. The van der Waals surface area contributed by atoms with Gasteiger partial charge < -0.3 is 0 Å². The summed E-state index contributed by atoms with van der Waals surface area (Å²) in [6.45, 7) is 18.0. The minimum atomic E-state index is 0.0576. The van der Waals surface area contributed by atoms with Gasteiger partial charge in [0.05, 0.1) is 0 Å². The molecule has 0 saturated carbocycles. The molecule has 0 aromatic rings. The van der Waals surface area contributed by atoms with E-state index in [2.05, 4.69) is 67.5 Å². The Bertz CT molecular complexity index is 501. The molecule has 0 aliphatic heterocycles. The van der Waals surface area contributed by atoms with Crippen molar-refractivity contribution in [1.29, 1.82) is 0 Å². The second kappa shape index (κ2) is 4.23. The number of allylic oxidation sites excluding steroid dienone is 8. The van der Waals surface area contributed by atoms with Crippen LogP contribution in [0.3, 0.4) is 0 Å². The smallest absolute Gasteiger partial charge is 0.0154 e. The molecule has 0 bridgehead atoms. The zero-order chi connectivity index (χ0) is 14.6. The Morgan fingerprint density at radius 2 is 1.00 bits per heavy atom. The second-order valence-corrected chi connectivity index (χ2v) is 6.84. The third-order valence-electron chi connectivity index (χ3n) is 5.54. The Balaban J connectivity index is 2.40. The molecule has 2 rings (SSSR count). The predicted molar refractivity (Wildman–Crippen MR) is 82.4 cm³/mol. The third-order valence-corrected chi connectivity index (χ3v) is 5.54. The molecule has 0 amide bonds. The summed E-state index contributed by atoms with van der Waals surface area (Å²) in [6.07, 6.45) is 8.48. The third kappa shape index (κ3) is 2.06. The quantitative estimate of drug-likeness (QED) is 0.602. The van der Waals surface area contributed by atoms with Crippen LogP contribution in [0, 0.1) is 23.0 Å². The highest BCUT2D eigenvalue weighted by atomic mass is 14.4. The summed E-state index contributed by atoms with van der Waals surface area (Å²) in [4.78, 5) is 0. The second-order valence-electron chi connectivity index (χ2n) is 6.84. The highest BCUT2D eigenvalue weighted by molar-refractivity contribution is 5.46. The van der Waals surface area contributed by atoms with E-state index in [1.165, 1.54) is 33.4 Å². The van der Waals surface area contributed by atoms with Crippen LogP contribution in [0.25, 0.3) is 0 Å². The van der Waals surface area contributed by atoms with E-state index in [-0.39, 0.29) is 10.8 Å². The molecular weight excluding hydrogens is 228 g/mol. The summed E-state index contributed by atoms with van der Waals surface area (Å²) < 4.78 is 0. The molecule has 19 heavy (non-hydrogen) atoms. The van der Waals surface area contributed by atoms with Gasteiger partial charge in [-0.25, -0.2) is 0 Å². The maximum absolute atomic E-state index is 3.70. The highest BCUT2D eigenvalue weighted by Gasteiger charge is 2.41. The van der Waals surface area contributed by atoms with Crippen LogP contribution in [0.4, 0.5) is 0 Å². The van der Waals surface area contributed by atoms with Crippen molar-refractivity contribution in [1.82, 2.24) is 0 Å². The van der Waals surface area contributed by atoms with Crippen molar-refractivity contribution in [2.75, 3.05) is 0 Å². The van der Waals surface area contributed by atoms with Crippen LogP contribution in [-0.2, 0) is 0 Å². The summed E-state index contributed by atoms with van der Waals surface area (Å²) >= 11 is 0. The SMILES string of the molecule is CC1=[C]C(C)(CC2(C)[C]=C(C)C(C)=C2C)C(C)=C1C. The first-order valence-electron chi connectivity index (χ1n) is 7.21. The van der Waals surface area contributed by atoms with E-state index in [0.717, 1.165) is 6.42 Å². The molecule has 0 aromatic heterocycles. The molecule has 2 aliphatic rings. The first-order valence-corrected chi connectivity index (χ1v) is 7.21. The summed E-state index contributed by atoms with van der Waals surface area (Å²) in [5.41, 5.74) is 8.54. The van der Waals surface area contributed by atoms with E-state index in [9.17, 15) is 0 Å². The van der Waals surface area contributed by atoms with E-state index in [1.807, 2.05) is 0 Å². The van der Waals surface area contributed by atoms with Crippen molar-refractivity contribution in [2.45, 2.75) is 61.8 Å². The summed E-state index contributed by atoms with van der Waals surface area (Å²) in [6, 6.07) is 0.